The lowest BCUT2D eigenvalue weighted by molar-refractivity contribution is -0.138. The average Bonchev–Trinajstić information content (AvgIpc) is 2.97. The van der Waals surface area contributed by atoms with E-state index in [1.54, 1.807) is 12.1 Å². The van der Waals surface area contributed by atoms with E-state index in [9.17, 15) is 32.7 Å². The van der Waals surface area contributed by atoms with Crippen LogP contribution in [0.25, 0.3) is 0 Å². The van der Waals surface area contributed by atoms with Crippen molar-refractivity contribution in [1.82, 2.24) is 25.5 Å². The number of hydrogen-bond acceptors (Lipinski definition) is 7. The predicted octanol–water partition coefficient (Wildman–Crippen LogP) is 3.86. The van der Waals surface area contributed by atoms with Gasteiger partial charge in [0.1, 0.15) is 34.7 Å². The Balaban J connectivity index is 1.44. The molecule has 3 N–H and O–H groups in total. The first-order valence-electron chi connectivity index (χ1n) is 12.4. The Labute approximate surface area is 232 Å². The molecule has 1 saturated heterocycles. The Kier molecular flexibility index (Phi) is 8.59. The Bertz CT molecular complexity index is 1390. The second kappa shape index (κ2) is 12.1. The van der Waals surface area contributed by atoms with Crippen LogP contribution in [-0.4, -0.2) is 63.6 Å². The smallest absolute Gasteiger partial charge is 0.420 e. The van der Waals surface area contributed by atoms with Crippen molar-refractivity contribution in [2.45, 2.75) is 31.1 Å². The van der Waals surface area contributed by atoms with Crippen LogP contribution < -0.4 is 20.1 Å². The van der Waals surface area contributed by atoms with Gasteiger partial charge in [-0.1, -0.05) is 12.1 Å². The summed E-state index contributed by atoms with van der Waals surface area (Å²) in [6.45, 7) is 0.0986. The molecule has 2 aromatic carbocycles. The fourth-order valence-electron chi connectivity index (χ4n) is 4.29. The molecule has 14 heteroatoms. The van der Waals surface area contributed by atoms with Gasteiger partial charge >= 0.3 is 12.3 Å². The molecule has 0 unspecified atom stereocenters. The molecule has 0 spiro atoms. The Morgan fingerprint density at radius 1 is 1.02 bits per heavy atom. The third kappa shape index (κ3) is 7.01. The molecule has 0 bridgehead atoms. The van der Waals surface area contributed by atoms with Crippen LogP contribution in [0.1, 0.15) is 34.3 Å². The van der Waals surface area contributed by atoms with Crippen molar-refractivity contribution < 1.29 is 42.1 Å². The summed E-state index contributed by atoms with van der Waals surface area (Å²) in [6.07, 6.45) is -1.84. The molecule has 11 nitrogen and oxygen atoms in total. The zero-order valence-electron chi connectivity index (χ0n) is 21.8. The topological polar surface area (TPSA) is 143 Å². The predicted molar refractivity (Wildman–Crippen MR) is 137 cm³/mol. The number of likely N-dealkylation sites (tertiary alicyclic amines) is 1. The Morgan fingerprint density at radius 3 is 2.24 bits per heavy atom. The first-order chi connectivity index (χ1) is 19.5. The summed E-state index contributed by atoms with van der Waals surface area (Å²) in [4.78, 5) is 46.3. The van der Waals surface area contributed by atoms with Crippen molar-refractivity contribution in [2.75, 3.05) is 20.2 Å². The van der Waals surface area contributed by atoms with Crippen molar-refractivity contribution in [2.24, 2.45) is 0 Å². The molecule has 1 aliphatic heterocycles. The number of carboxylic acid groups (broad SMARTS) is 1. The van der Waals surface area contributed by atoms with Gasteiger partial charge in [0.2, 0.25) is 5.91 Å². The van der Waals surface area contributed by atoms with Crippen LogP contribution in [0.2, 0.25) is 0 Å². The SMILES string of the molecule is COc1ccc(Oc2ccc(CNC(=O)C3(NC(=O)c4cncnc4)CCN(C(=O)O)CC3)cc2)c(C(F)(F)F)c1. The molecule has 216 valence electrons. The summed E-state index contributed by atoms with van der Waals surface area (Å²) in [5, 5.41) is 14.8. The van der Waals surface area contributed by atoms with Crippen LogP contribution in [0.15, 0.2) is 61.2 Å². The average molecular weight is 574 g/mol. The number of nitrogens with one attached hydrogen (secondary N) is 2. The van der Waals surface area contributed by atoms with E-state index < -0.39 is 40.9 Å². The highest BCUT2D eigenvalue weighted by Crippen LogP contribution is 2.40. The lowest BCUT2D eigenvalue weighted by atomic mass is 9.86. The largest absolute Gasteiger partial charge is 0.497 e. The maximum absolute atomic E-state index is 13.5. The Morgan fingerprint density at radius 2 is 1.66 bits per heavy atom. The summed E-state index contributed by atoms with van der Waals surface area (Å²) in [7, 11) is 1.26. The van der Waals surface area contributed by atoms with Gasteiger partial charge in [-0.15, -0.1) is 0 Å². The number of methoxy groups -OCH3 is 1. The van der Waals surface area contributed by atoms with Crippen molar-refractivity contribution in [3.8, 4) is 17.2 Å². The molecule has 0 aliphatic carbocycles. The Hall–Kier alpha value is -4.88. The molecule has 4 rings (SSSR count). The summed E-state index contributed by atoms with van der Waals surface area (Å²) in [5.74, 6) is -1.31. The molecule has 3 amide bonds. The number of hydrogen-bond donors (Lipinski definition) is 3. The minimum Gasteiger partial charge on any atom is -0.497 e. The third-order valence-electron chi connectivity index (χ3n) is 6.59. The van der Waals surface area contributed by atoms with Crippen LogP contribution in [0.3, 0.4) is 0 Å². The molecule has 41 heavy (non-hydrogen) atoms. The highest BCUT2D eigenvalue weighted by molar-refractivity contribution is 5.99. The standard InChI is InChI=1S/C27H26F3N5O6/c1-40-20-6-7-22(21(12-20)27(28,29)30)41-19-4-2-17(3-5-19)13-33-24(37)26(8-10-35(11-9-26)25(38)39)34-23(36)18-14-31-16-32-15-18/h2-7,12,14-16H,8-11,13H2,1H3,(H,33,37)(H,34,36)(H,38,39). The van der Waals surface area contributed by atoms with Crippen molar-refractivity contribution in [1.29, 1.82) is 0 Å². The van der Waals surface area contributed by atoms with Crippen molar-refractivity contribution in [3.63, 3.8) is 0 Å². The van der Waals surface area contributed by atoms with E-state index in [4.69, 9.17) is 9.47 Å². The molecule has 0 radical (unpaired) electrons. The second-order valence-corrected chi connectivity index (χ2v) is 9.22. The number of nitrogens with zero attached hydrogens (tertiary/aromatic N) is 3. The van der Waals surface area contributed by atoms with Gasteiger partial charge in [-0.05, 0) is 48.7 Å². The highest BCUT2D eigenvalue weighted by Gasteiger charge is 2.43. The minimum atomic E-state index is -4.66. The lowest BCUT2D eigenvalue weighted by Gasteiger charge is -2.40. The molecular weight excluding hydrogens is 547 g/mol. The minimum absolute atomic E-state index is 0.0319. The molecule has 0 atom stereocenters. The van der Waals surface area contributed by atoms with E-state index >= 15 is 0 Å². The van der Waals surface area contributed by atoms with Gasteiger partial charge in [-0.25, -0.2) is 14.8 Å². The number of carbonyl (C=O) groups excluding carboxylic acids is 2. The zero-order chi connectivity index (χ0) is 29.6. The summed E-state index contributed by atoms with van der Waals surface area (Å²) < 4.78 is 50.8. The van der Waals surface area contributed by atoms with Crippen molar-refractivity contribution in [3.05, 3.63) is 77.9 Å². The molecule has 1 aliphatic rings. The van der Waals surface area contributed by atoms with Gasteiger partial charge in [0.15, 0.2) is 0 Å². The van der Waals surface area contributed by atoms with E-state index in [0.717, 1.165) is 11.0 Å². The molecule has 1 aromatic heterocycles. The lowest BCUT2D eigenvalue weighted by Crippen LogP contribution is -2.63. The molecule has 0 saturated carbocycles. The van der Waals surface area contributed by atoms with Crippen LogP contribution in [-0.2, 0) is 17.5 Å². The quantitative estimate of drug-likeness (QED) is 0.369. The number of rotatable bonds is 8. The van der Waals surface area contributed by atoms with Gasteiger partial charge in [0, 0.05) is 32.0 Å². The number of amides is 3. The summed E-state index contributed by atoms with van der Waals surface area (Å²) in [5.41, 5.74) is -1.63. The van der Waals surface area contributed by atoms with Crippen molar-refractivity contribution >= 4 is 17.9 Å². The summed E-state index contributed by atoms with van der Waals surface area (Å²) >= 11 is 0. The number of carbonyl (C=O) groups is 3. The fourth-order valence-corrected chi connectivity index (χ4v) is 4.29. The van der Waals surface area contributed by atoms with Crippen LogP contribution in [0.5, 0.6) is 17.2 Å². The van der Waals surface area contributed by atoms with E-state index in [0.29, 0.717) is 5.56 Å². The molecule has 3 aromatic rings. The second-order valence-electron chi connectivity index (χ2n) is 9.22. The van der Waals surface area contributed by atoms with E-state index in [2.05, 4.69) is 20.6 Å². The molecule has 2 heterocycles. The van der Waals surface area contributed by atoms with Crippen LogP contribution in [0.4, 0.5) is 18.0 Å². The zero-order valence-corrected chi connectivity index (χ0v) is 21.8. The number of piperidine rings is 1. The first kappa shape index (κ1) is 29.1. The number of halogens is 3. The van der Waals surface area contributed by atoms with E-state index in [1.165, 1.54) is 50.1 Å². The van der Waals surface area contributed by atoms with Gasteiger partial charge in [0.05, 0.1) is 12.7 Å². The molecular formula is C27H26F3N5O6. The van der Waals surface area contributed by atoms with E-state index in [1.807, 2.05) is 0 Å². The maximum atomic E-state index is 13.5. The van der Waals surface area contributed by atoms with Gasteiger partial charge in [0.25, 0.3) is 5.91 Å². The van der Waals surface area contributed by atoms with Crippen LogP contribution in [0, 0.1) is 0 Å². The number of benzene rings is 2. The molecule has 1 fully saturated rings. The van der Waals surface area contributed by atoms with Crippen LogP contribution >= 0.6 is 0 Å². The maximum Gasteiger partial charge on any atom is 0.420 e. The van der Waals surface area contributed by atoms with Gasteiger partial charge in [-0.2, -0.15) is 13.2 Å². The fraction of sp³-hybridized carbons (Fsp3) is 0.296. The van der Waals surface area contributed by atoms with E-state index in [-0.39, 0.29) is 49.5 Å². The highest BCUT2D eigenvalue weighted by atomic mass is 19.4. The third-order valence-corrected chi connectivity index (χ3v) is 6.59. The number of aromatic nitrogens is 2. The number of ether oxygens (including phenoxy) is 2. The van der Waals surface area contributed by atoms with Gasteiger partial charge < -0.3 is 30.1 Å². The van der Waals surface area contributed by atoms with Gasteiger partial charge in [-0.3, -0.25) is 9.59 Å². The normalized spacial score (nSPS) is 14.6. The summed E-state index contributed by atoms with van der Waals surface area (Å²) in [6, 6.07) is 9.45. The monoisotopic (exact) mass is 573 g/mol. The first-order valence-corrected chi connectivity index (χ1v) is 12.4. The number of alkyl halides is 3.